The predicted molar refractivity (Wildman–Crippen MR) is 116 cm³/mol. The number of nitro benzene ring substituents is 1. The van der Waals surface area contributed by atoms with E-state index < -0.39 is 4.92 Å². The summed E-state index contributed by atoms with van der Waals surface area (Å²) in [5.41, 5.74) is 1.74. The van der Waals surface area contributed by atoms with Gasteiger partial charge in [-0.15, -0.1) is 24.0 Å². The lowest BCUT2D eigenvalue weighted by Gasteiger charge is -2.13. The lowest BCUT2D eigenvalue weighted by atomic mass is 10.2. The number of nitrogens with zero attached hydrogens (tertiary/aromatic N) is 2. The highest BCUT2D eigenvalue weighted by Crippen LogP contribution is 2.29. The summed E-state index contributed by atoms with van der Waals surface area (Å²) < 4.78 is 10.5. The molecule has 9 heteroatoms. The van der Waals surface area contributed by atoms with Crippen LogP contribution >= 0.6 is 24.0 Å². The third-order valence-electron chi connectivity index (χ3n) is 3.56. The van der Waals surface area contributed by atoms with Gasteiger partial charge in [-0.3, -0.25) is 10.1 Å². The Balaban J connectivity index is 0.00000364. The summed E-state index contributed by atoms with van der Waals surface area (Å²) >= 11 is 0. The number of aliphatic imine (C=N–C) groups is 1. The van der Waals surface area contributed by atoms with Gasteiger partial charge < -0.3 is 20.1 Å². The molecule has 0 aliphatic rings. The summed E-state index contributed by atoms with van der Waals surface area (Å²) in [4.78, 5) is 14.8. The number of non-ortho nitro benzene ring substituents is 1. The van der Waals surface area contributed by atoms with Crippen molar-refractivity contribution < 1.29 is 14.4 Å². The fourth-order valence-corrected chi connectivity index (χ4v) is 2.25. The third-order valence-corrected chi connectivity index (χ3v) is 3.56. The van der Waals surface area contributed by atoms with Crippen LogP contribution < -0.4 is 20.1 Å². The van der Waals surface area contributed by atoms with Crippen LogP contribution in [0.4, 0.5) is 11.4 Å². The largest absolute Gasteiger partial charge is 0.493 e. The predicted octanol–water partition coefficient (Wildman–Crippen LogP) is 3.81. The Morgan fingerprint density at radius 1 is 1.11 bits per heavy atom. The van der Waals surface area contributed by atoms with Crippen LogP contribution in [0, 0.1) is 10.1 Å². The maximum atomic E-state index is 10.7. The summed E-state index contributed by atoms with van der Waals surface area (Å²) in [6.45, 7) is 3.05. The maximum Gasteiger partial charge on any atom is 0.269 e. The van der Waals surface area contributed by atoms with E-state index in [4.69, 9.17) is 9.47 Å². The molecule has 0 fully saturated rings. The molecule has 2 aromatic rings. The molecule has 146 valence electrons. The summed E-state index contributed by atoms with van der Waals surface area (Å²) in [6.07, 6.45) is 0. The molecule has 0 bridgehead atoms. The molecule has 0 atom stereocenters. The minimum atomic E-state index is -0.421. The van der Waals surface area contributed by atoms with Gasteiger partial charge in [0.05, 0.1) is 25.7 Å². The number of hydrogen-bond donors (Lipinski definition) is 2. The molecule has 0 saturated carbocycles. The van der Waals surface area contributed by atoms with Crippen LogP contribution in [0.2, 0.25) is 0 Å². The average Bonchev–Trinajstić information content (AvgIpc) is 2.66. The van der Waals surface area contributed by atoms with Crippen LogP contribution in [0.3, 0.4) is 0 Å². The highest BCUT2D eigenvalue weighted by Gasteiger charge is 2.07. The molecule has 2 aromatic carbocycles. The fourth-order valence-electron chi connectivity index (χ4n) is 2.25. The number of nitrogens with one attached hydrogen (secondary N) is 2. The normalized spacial score (nSPS) is 10.6. The van der Waals surface area contributed by atoms with E-state index in [-0.39, 0.29) is 29.7 Å². The van der Waals surface area contributed by atoms with Gasteiger partial charge in [-0.25, -0.2) is 4.99 Å². The second-order valence-corrected chi connectivity index (χ2v) is 5.31. The number of methoxy groups -OCH3 is 2. The minimum Gasteiger partial charge on any atom is -0.493 e. The molecule has 0 aromatic heterocycles. The van der Waals surface area contributed by atoms with Crippen molar-refractivity contribution in [3.8, 4) is 11.5 Å². The lowest BCUT2D eigenvalue weighted by Crippen LogP contribution is -2.30. The number of nitro groups is 1. The molecule has 2 rings (SSSR count). The van der Waals surface area contributed by atoms with E-state index in [9.17, 15) is 10.1 Å². The van der Waals surface area contributed by atoms with Crippen molar-refractivity contribution >= 4 is 41.3 Å². The van der Waals surface area contributed by atoms with Crippen LogP contribution in [0.15, 0.2) is 47.5 Å². The molecule has 0 unspecified atom stereocenters. The summed E-state index contributed by atoms with van der Waals surface area (Å²) in [6, 6.07) is 11.8. The number of ether oxygens (including phenoxy) is 2. The second-order valence-electron chi connectivity index (χ2n) is 5.31. The van der Waals surface area contributed by atoms with Crippen molar-refractivity contribution in [2.24, 2.45) is 4.99 Å². The molecule has 0 spiro atoms. The van der Waals surface area contributed by atoms with Crippen LogP contribution in [-0.2, 0) is 6.54 Å². The average molecular weight is 486 g/mol. The van der Waals surface area contributed by atoms with Gasteiger partial charge in [0.15, 0.2) is 17.5 Å². The second kappa shape index (κ2) is 11.2. The molecule has 0 aliphatic carbocycles. The Morgan fingerprint density at radius 2 is 1.78 bits per heavy atom. The monoisotopic (exact) mass is 486 g/mol. The summed E-state index contributed by atoms with van der Waals surface area (Å²) in [5.74, 6) is 1.85. The molecule has 27 heavy (non-hydrogen) atoms. The first-order valence-corrected chi connectivity index (χ1v) is 8.08. The number of halogens is 1. The Labute approximate surface area is 175 Å². The quantitative estimate of drug-likeness (QED) is 0.203. The molecule has 8 nitrogen and oxygen atoms in total. The van der Waals surface area contributed by atoms with E-state index in [1.54, 1.807) is 32.4 Å². The Morgan fingerprint density at radius 3 is 2.33 bits per heavy atom. The zero-order valence-corrected chi connectivity index (χ0v) is 17.7. The van der Waals surface area contributed by atoms with Crippen molar-refractivity contribution in [2.45, 2.75) is 13.5 Å². The standard InChI is InChI=1S/C18H22N4O4.HI/c1-4-19-18(20-12-13-5-8-15(9-6-13)22(23)24)21-14-7-10-16(25-2)17(11-14)26-3;/h5-11H,4,12H2,1-3H3,(H2,19,20,21);1H. The summed E-state index contributed by atoms with van der Waals surface area (Å²) in [7, 11) is 3.16. The number of anilines is 1. The zero-order valence-electron chi connectivity index (χ0n) is 15.4. The molecule has 0 amide bonds. The van der Waals surface area contributed by atoms with E-state index in [1.807, 2.05) is 19.1 Å². The van der Waals surface area contributed by atoms with Crippen molar-refractivity contribution in [2.75, 3.05) is 26.1 Å². The van der Waals surface area contributed by atoms with Crippen molar-refractivity contribution in [1.82, 2.24) is 5.32 Å². The van der Waals surface area contributed by atoms with Crippen LogP contribution in [-0.4, -0.2) is 31.6 Å². The van der Waals surface area contributed by atoms with E-state index in [0.29, 0.717) is 30.5 Å². The SMILES string of the molecule is CCNC(=NCc1ccc([N+](=O)[O-])cc1)Nc1ccc(OC)c(OC)c1.I. The zero-order chi connectivity index (χ0) is 18.9. The number of rotatable bonds is 7. The first-order valence-electron chi connectivity index (χ1n) is 8.08. The smallest absolute Gasteiger partial charge is 0.269 e. The minimum absolute atomic E-state index is 0. The van der Waals surface area contributed by atoms with Crippen molar-refractivity contribution in [3.63, 3.8) is 0 Å². The maximum absolute atomic E-state index is 10.7. The molecule has 0 radical (unpaired) electrons. The summed E-state index contributed by atoms with van der Waals surface area (Å²) in [5, 5.41) is 17.1. The van der Waals surface area contributed by atoms with Gasteiger partial charge in [0.1, 0.15) is 0 Å². The van der Waals surface area contributed by atoms with Crippen molar-refractivity contribution in [3.05, 3.63) is 58.1 Å². The topological polar surface area (TPSA) is 98.0 Å². The first kappa shape index (κ1) is 22.5. The molecule has 0 heterocycles. The highest BCUT2D eigenvalue weighted by molar-refractivity contribution is 14.0. The van der Waals surface area contributed by atoms with Gasteiger partial charge in [-0.1, -0.05) is 12.1 Å². The van der Waals surface area contributed by atoms with Gasteiger partial charge >= 0.3 is 0 Å². The Kier molecular flexibility index (Phi) is 9.34. The Hall–Kier alpha value is -2.56. The fraction of sp³-hybridized carbons (Fsp3) is 0.278. The van der Waals surface area contributed by atoms with Crippen LogP contribution in [0.25, 0.3) is 0 Å². The third kappa shape index (κ3) is 6.59. The van der Waals surface area contributed by atoms with E-state index in [0.717, 1.165) is 11.3 Å². The van der Waals surface area contributed by atoms with E-state index >= 15 is 0 Å². The number of hydrogen-bond acceptors (Lipinski definition) is 5. The van der Waals surface area contributed by atoms with Gasteiger partial charge in [0, 0.05) is 30.4 Å². The Bertz CT molecular complexity index is 781. The molecular weight excluding hydrogens is 463 g/mol. The van der Waals surface area contributed by atoms with Gasteiger partial charge in [0.2, 0.25) is 0 Å². The van der Waals surface area contributed by atoms with Gasteiger partial charge in [0.25, 0.3) is 5.69 Å². The van der Waals surface area contributed by atoms with Crippen molar-refractivity contribution in [1.29, 1.82) is 0 Å². The number of guanidine groups is 1. The van der Waals surface area contributed by atoms with E-state index in [2.05, 4.69) is 15.6 Å². The van der Waals surface area contributed by atoms with Gasteiger partial charge in [-0.2, -0.15) is 0 Å². The van der Waals surface area contributed by atoms with Crippen LogP contribution in [0.1, 0.15) is 12.5 Å². The molecule has 2 N–H and O–H groups in total. The molecule has 0 aliphatic heterocycles. The molecule has 0 saturated heterocycles. The van der Waals surface area contributed by atoms with E-state index in [1.165, 1.54) is 12.1 Å². The first-order chi connectivity index (χ1) is 12.6. The van der Waals surface area contributed by atoms with Gasteiger partial charge in [-0.05, 0) is 24.6 Å². The number of benzene rings is 2. The highest BCUT2D eigenvalue weighted by atomic mass is 127. The van der Waals surface area contributed by atoms with Crippen LogP contribution in [0.5, 0.6) is 11.5 Å². The lowest BCUT2D eigenvalue weighted by molar-refractivity contribution is -0.384. The molecular formula is C18H23IN4O4.